The molecule has 4 nitrogen and oxygen atoms in total. The number of rotatable bonds is 5. The van der Waals surface area contributed by atoms with Crippen LogP contribution in [0.1, 0.15) is 31.9 Å². The molecule has 0 spiro atoms. The number of amides is 1. The molecule has 0 bridgehead atoms. The summed E-state index contributed by atoms with van der Waals surface area (Å²) in [5, 5.41) is 3.30. The maximum absolute atomic E-state index is 12.2. The lowest BCUT2D eigenvalue weighted by atomic mass is 10.1. The third-order valence-electron chi connectivity index (χ3n) is 3.60. The molecule has 0 aliphatic carbocycles. The predicted molar refractivity (Wildman–Crippen MR) is 75.8 cm³/mol. The van der Waals surface area contributed by atoms with E-state index in [0.717, 1.165) is 44.6 Å². The highest BCUT2D eigenvalue weighted by atomic mass is 16.2. The van der Waals surface area contributed by atoms with Gasteiger partial charge in [-0.2, -0.15) is 0 Å². The molecule has 4 heteroatoms. The van der Waals surface area contributed by atoms with Gasteiger partial charge in [0.25, 0.3) is 0 Å². The van der Waals surface area contributed by atoms with Gasteiger partial charge in [-0.05, 0) is 38.3 Å². The number of hydrogen-bond acceptors (Lipinski definition) is 3. The van der Waals surface area contributed by atoms with E-state index in [9.17, 15) is 4.79 Å². The normalized spacial score (nSPS) is 17.2. The Hall–Kier alpha value is -1.42. The number of aromatic nitrogens is 1. The summed E-state index contributed by atoms with van der Waals surface area (Å²) in [6.45, 7) is 4.59. The first-order valence-corrected chi connectivity index (χ1v) is 7.19. The summed E-state index contributed by atoms with van der Waals surface area (Å²) in [6.07, 6.45) is 6.21. The molecule has 1 N–H and O–H groups in total. The van der Waals surface area contributed by atoms with E-state index < -0.39 is 0 Å². The maximum Gasteiger partial charge on any atom is 0.239 e. The van der Waals surface area contributed by atoms with E-state index in [2.05, 4.69) is 10.3 Å². The number of pyridine rings is 1. The molecule has 19 heavy (non-hydrogen) atoms. The average molecular weight is 261 g/mol. The summed E-state index contributed by atoms with van der Waals surface area (Å²) >= 11 is 0. The zero-order valence-corrected chi connectivity index (χ0v) is 11.6. The molecule has 1 aromatic rings. The van der Waals surface area contributed by atoms with Gasteiger partial charge in [-0.3, -0.25) is 9.78 Å². The Labute approximate surface area is 115 Å². The van der Waals surface area contributed by atoms with E-state index in [-0.39, 0.29) is 11.9 Å². The summed E-state index contributed by atoms with van der Waals surface area (Å²) in [4.78, 5) is 18.5. The Morgan fingerprint density at radius 2 is 2.16 bits per heavy atom. The van der Waals surface area contributed by atoms with Gasteiger partial charge in [0.15, 0.2) is 0 Å². The second-order valence-corrected chi connectivity index (χ2v) is 5.13. The molecule has 2 rings (SSSR count). The largest absolute Gasteiger partial charge is 0.341 e. The third-order valence-corrected chi connectivity index (χ3v) is 3.60. The number of likely N-dealkylation sites (tertiary alicyclic amines) is 1. The van der Waals surface area contributed by atoms with E-state index in [4.69, 9.17) is 0 Å². The van der Waals surface area contributed by atoms with Gasteiger partial charge in [-0.15, -0.1) is 0 Å². The van der Waals surface area contributed by atoms with Crippen LogP contribution in [0.5, 0.6) is 0 Å². The van der Waals surface area contributed by atoms with Gasteiger partial charge < -0.3 is 10.2 Å². The van der Waals surface area contributed by atoms with Gasteiger partial charge in [0.1, 0.15) is 0 Å². The predicted octanol–water partition coefficient (Wildman–Crippen LogP) is 1.61. The minimum atomic E-state index is -0.0955. The fourth-order valence-corrected chi connectivity index (χ4v) is 2.44. The number of carbonyl (C=O) groups excluding carboxylic acids is 1. The SMILES string of the molecule is CC(NCCc1ccccn1)C(=O)N1CCCCC1. The van der Waals surface area contributed by atoms with Crippen molar-refractivity contribution >= 4 is 5.91 Å². The van der Waals surface area contributed by atoms with E-state index in [1.807, 2.05) is 30.0 Å². The molecule has 1 aliphatic rings. The lowest BCUT2D eigenvalue weighted by Gasteiger charge is -2.29. The second-order valence-electron chi connectivity index (χ2n) is 5.13. The Balaban J connectivity index is 1.71. The van der Waals surface area contributed by atoms with Crippen LogP contribution in [0.25, 0.3) is 0 Å². The van der Waals surface area contributed by atoms with Crippen LogP contribution >= 0.6 is 0 Å². The second kappa shape index (κ2) is 7.24. The van der Waals surface area contributed by atoms with Gasteiger partial charge in [0, 0.05) is 37.9 Å². The van der Waals surface area contributed by atoms with Crippen molar-refractivity contribution in [2.75, 3.05) is 19.6 Å². The van der Waals surface area contributed by atoms with Crippen LogP contribution in [0, 0.1) is 0 Å². The smallest absolute Gasteiger partial charge is 0.239 e. The zero-order valence-electron chi connectivity index (χ0n) is 11.6. The van der Waals surface area contributed by atoms with Gasteiger partial charge in [0.2, 0.25) is 5.91 Å². The third kappa shape index (κ3) is 4.31. The van der Waals surface area contributed by atoms with Crippen molar-refractivity contribution in [3.63, 3.8) is 0 Å². The molecule has 1 fully saturated rings. The minimum Gasteiger partial charge on any atom is -0.341 e. The topological polar surface area (TPSA) is 45.2 Å². The van der Waals surface area contributed by atoms with E-state index >= 15 is 0 Å². The minimum absolute atomic E-state index is 0.0955. The van der Waals surface area contributed by atoms with Crippen molar-refractivity contribution in [2.24, 2.45) is 0 Å². The van der Waals surface area contributed by atoms with Crippen molar-refractivity contribution in [2.45, 2.75) is 38.6 Å². The van der Waals surface area contributed by atoms with Gasteiger partial charge >= 0.3 is 0 Å². The molecule has 1 aromatic heterocycles. The first kappa shape index (κ1) is 14.0. The molecule has 1 atom stereocenters. The number of hydrogen-bond donors (Lipinski definition) is 1. The summed E-state index contributed by atoms with van der Waals surface area (Å²) in [5.41, 5.74) is 1.06. The molecule has 1 unspecified atom stereocenters. The average Bonchev–Trinajstić information content (AvgIpc) is 2.48. The highest BCUT2D eigenvalue weighted by molar-refractivity contribution is 5.81. The first-order chi connectivity index (χ1) is 9.27. The standard InChI is InChI=1S/C15H23N3O/c1-13(15(19)18-11-5-2-6-12-18)16-10-8-14-7-3-4-9-17-14/h3-4,7,9,13,16H,2,5-6,8,10-12H2,1H3. The molecule has 0 saturated carbocycles. The molecule has 1 aliphatic heterocycles. The Morgan fingerprint density at radius 3 is 2.84 bits per heavy atom. The summed E-state index contributed by atoms with van der Waals surface area (Å²) < 4.78 is 0. The quantitative estimate of drug-likeness (QED) is 0.876. The Kier molecular flexibility index (Phi) is 5.33. The Bertz CT molecular complexity index is 388. The fraction of sp³-hybridized carbons (Fsp3) is 0.600. The highest BCUT2D eigenvalue weighted by Gasteiger charge is 2.21. The van der Waals surface area contributed by atoms with Gasteiger partial charge in [0.05, 0.1) is 6.04 Å². The van der Waals surface area contributed by atoms with Crippen molar-refractivity contribution in [1.82, 2.24) is 15.2 Å². The summed E-state index contributed by atoms with van der Waals surface area (Å²) in [6, 6.07) is 5.82. The molecule has 0 aromatic carbocycles. The van der Waals surface area contributed by atoms with E-state index in [1.54, 1.807) is 6.20 Å². The molecule has 0 radical (unpaired) electrons. The van der Waals surface area contributed by atoms with Crippen LogP contribution in [-0.2, 0) is 11.2 Å². The fourth-order valence-electron chi connectivity index (χ4n) is 2.44. The van der Waals surface area contributed by atoms with Gasteiger partial charge in [-0.25, -0.2) is 0 Å². The Morgan fingerprint density at radius 1 is 1.37 bits per heavy atom. The summed E-state index contributed by atoms with van der Waals surface area (Å²) in [7, 11) is 0. The molecule has 1 amide bonds. The number of nitrogens with one attached hydrogen (secondary N) is 1. The van der Waals surface area contributed by atoms with Crippen LogP contribution in [0.4, 0.5) is 0 Å². The molecular weight excluding hydrogens is 238 g/mol. The monoisotopic (exact) mass is 261 g/mol. The molecule has 104 valence electrons. The van der Waals surface area contributed by atoms with Crippen molar-refractivity contribution < 1.29 is 4.79 Å². The van der Waals surface area contributed by atoms with Crippen LogP contribution in [0.3, 0.4) is 0 Å². The maximum atomic E-state index is 12.2. The highest BCUT2D eigenvalue weighted by Crippen LogP contribution is 2.09. The molecular formula is C15H23N3O. The van der Waals surface area contributed by atoms with Crippen LogP contribution < -0.4 is 5.32 Å². The van der Waals surface area contributed by atoms with Crippen LogP contribution in [-0.4, -0.2) is 41.5 Å². The van der Waals surface area contributed by atoms with Crippen LogP contribution in [0.2, 0.25) is 0 Å². The van der Waals surface area contributed by atoms with Gasteiger partial charge in [-0.1, -0.05) is 6.07 Å². The lowest BCUT2D eigenvalue weighted by Crippen LogP contribution is -2.47. The number of carbonyl (C=O) groups is 1. The number of piperidine rings is 1. The van der Waals surface area contributed by atoms with Crippen molar-refractivity contribution in [3.05, 3.63) is 30.1 Å². The molecule has 2 heterocycles. The summed E-state index contributed by atoms with van der Waals surface area (Å²) in [5.74, 6) is 0.237. The zero-order chi connectivity index (χ0) is 13.5. The van der Waals surface area contributed by atoms with Crippen molar-refractivity contribution in [3.8, 4) is 0 Å². The van der Waals surface area contributed by atoms with Crippen LogP contribution in [0.15, 0.2) is 24.4 Å². The number of nitrogens with zero attached hydrogens (tertiary/aromatic N) is 2. The first-order valence-electron chi connectivity index (χ1n) is 7.19. The van der Waals surface area contributed by atoms with E-state index in [0.29, 0.717) is 0 Å². The van der Waals surface area contributed by atoms with E-state index in [1.165, 1.54) is 6.42 Å². The molecule has 1 saturated heterocycles. The lowest BCUT2D eigenvalue weighted by molar-refractivity contribution is -0.133. The van der Waals surface area contributed by atoms with Crippen molar-refractivity contribution in [1.29, 1.82) is 0 Å².